The quantitative estimate of drug-likeness (QED) is 0.788. The minimum Gasteiger partial charge on any atom is -0.444 e. The summed E-state index contributed by atoms with van der Waals surface area (Å²) < 4.78 is 34.5. The lowest BCUT2D eigenvalue weighted by Gasteiger charge is -2.26. The number of nitrogens with zero attached hydrogens (tertiary/aromatic N) is 4. The number of amides is 1. The largest absolute Gasteiger partial charge is 0.444 e. The van der Waals surface area contributed by atoms with E-state index in [-0.39, 0.29) is 11.4 Å². The van der Waals surface area contributed by atoms with Gasteiger partial charge in [-0.25, -0.2) is 13.2 Å². The molecule has 0 radical (unpaired) electrons. The molecule has 8 nitrogen and oxygen atoms in total. The number of ether oxygens (including phenoxy) is 1. The van der Waals surface area contributed by atoms with Crippen LogP contribution in [0.1, 0.15) is 38.6 Å². The molecule has 1 aliphatic rings. The first-order valence-corrected chi connectivity index (χ1v) is 9.86. The van der Waals surface area contributed by atoms with E-state index in [1.54, 1.807) is 30.5 Å². The second-order valence-electron chi connectivity index (χ2n) is 7.35. The fourth-order valence-corrected chi connectivity index (χ4v) is 4.77. The third kappa shape index (κ3) is 4.33. The van der Waals surface area contributed by atoms with Gasteiger partial charge in [0.05, 0.1) is 11.4 Å². The van der Waals surface area contributed by atoms with E-state index in [4.69, 9.17) is 4.74 Å². The number of sulfonamides is 1. The molecule has 0 aromatic carbocycles. The van der Waals surface area contributed by atoms with Crippen molar-refractivity contribution < 1.29 is 17.9 Å². The first-order chi connectivity index (χ1) is 11.4. The lowest BCUT2D eigenvalue weighted by atomic mass is 10.2. The zero-order valence-electron chi connectivity index (χ0n) is 15.9. The van der Waals surface area contributed by atoms with Gasteiger partial charge in [0.1, 0.15) is 10.5 Å². The van der Waals surface area contributed by atoms with Crippen molar-refractivity contribution in [3.8, 4) is 0 Å². The minimum absolute atomic E-state index is 0.245. The Bertz CT molecular complexity index is 749. The molecule has 1 aliphatic heterocycles. The number of aryl methyl sites for hydroxylation is 2. The normalized spacial score (nSPS) is 17.4. The lowest BCUT2D eigenvalue weighted by molar-refractivity contribution is 0.0260. The smallest absolute Gasteiger partial charge is 0.410 e. The van der Waals surface area contributed by atoms with Crippen LogP contribution in [0.25, 0.3) is 0 Å². The number of carbonyl (C=O) groups is 1. The van der Waals surface area contributed by atoms with Gasteiger partial charge in [-0.1, -0.05) is 0 Å². The Morgan fingerprint density at radius 1 is 1.12 bits per heavy atom. The molecule has 2 rings (SSSR count). The molecule has 0 unspecified atom stereocenters. The molecule has 0 N–H and O–H groups in total. The van der Waals surface area contributed by atoms with Gasteiger partial charge < -0.3 is 9.64 Å². The van der Waals surface area contributed by atoms with E-state index in [9.17, 15) is 13.2 Å². The summed E-state index contributed by atoms with van der Waals surface area (Å²) in [6.45, 7) is 10.3. The van der Waals surface area contributed by atoms with E-state index >= 15 is 0 Å². The Labute approximate surface area is 149 Å². The molecule has 1 saturated heterocycles. The summed E-state index contributed by atoms with van der Waals surface area (Å²) in [6, 6.07) is 0. The highest BCUT2D eigenvalue weighted by Gasteiger charge is 2.33. The second kappa shape index (κ2) is 6.95. The topological polar surface area (TPSA) is 84.7 Å². The van der Waals surface area contributed by atoms with E-state index in [0.29, 0.717) is 37.4 Å². The molecule has 0 atom stereocenters. The SMILES string of the molecule is Cc1nn(C)c(C)c1S(=O)(=O)N1CCCN(C(=O)OC(C)(C)C)CC1. The van der Waals surface area contributed by atoms with Gasteiger partial charge in [0.2, 0.25) is 10.0 Å². The van der Waals surface area contributed by atoms with Gasteiger partial charge in [-0.2, -0.15) is 9.40 Å². The van der Waals surface area contributed by atoms with Crippen molar-refractivity contribution >= 4 is 16.1 Å². The van der Waals surface area contributed by atoms with Gasteiger partial charge in [-0.15, -0.1) is 0 Å². The summed E-state index contributed by atoms with van der Waals surface area (Å²) in [6.07, 6.45) is 0.164. The Morgan fingerprint density at radius 3 is 2.28 bits per heavy atom. The van der Waals surface area contributed by atoms with Gasteiger partial charge in [-0.05, 0) is 41.0 Å². The molecular formula is C16H28N4O4S. The highest BCUT2D eigenvalue weighted by atomic mass is 32.2. The van der Waals surface area contributed by atoms with Crippen LogP contribution in [-0.4, -0.2) is 65.3 Å². The number of carbonyl (C=O) groups excluding carboxylic acids is 1. The zero-order chi connectivity index (χ0) is 19.0. The maximum atomic E-state index is 13.0. The van der Waals surface area contributed by atoms with Crippen LogP contribution in [0.4, 0.5) is 4.79 Å². The molecule has 142 valence electrons. The van der Waals surface area contributed by atoms with Gasteiger partial charge in [0.25, 0.3) is 0 Å². The van der Waals surface area contributed by atoms with Crippen LogP contribution in [0.2, 0.25) is 0 Å². The summed E-state index contributed by atoms with van der Waals surface area (Å²) in [4.78, 5) is 14.1. The standard InChI is InChI=1S/C16H28N4O4S/c1-12-14(13(2)18(6)17-12)25(22,23)20-9-7-8-19(10-11-20)15(21)24-16(3,4)5/h7-11H2,1-6H3. The molecule has 0 saturated carbocycles. The number of rotatable bonds is 2. The van der Waals surface area contributed by atoms with Crippen LogP contribution < -0.4 is 0 Å². The molecule has 1 fully saturated rings. The Morgan fingerprint density at radius 2 is 1.76 bits per heavy atom. The molecule has 0 spiro atoms. The van der Waals surface area contributed by atoms with Crippen LogP contribution in [0, 0.1) is 13.8 Å². The van der Waals surface area contributed by atoms with Gasteiger partial charge >= 0.3 is 6.09 Å². The molecule has 1 amide bonds. The molecule has 1 aromatic rings. The van der Waals surface area contributed by atoms with Crippen LogP contribution in [0.15, 0.2) is 4.90 Å². The fraction of sp³-hybridized carbons (Fsp3) is 0.750. The number of aromatic nitrogens is 2. The van der Waals surface area contributed by atoms with Crippen molar-refractivity contribution in [3.05, 3.63) is 11.4 Å². The molecule has 25 heavy (non-hydrogen) atoms. The van der Waals surface area contributed by atoms with E-state index in [1.165, 1.54) is 4.31 Å². The lowest BCUT2D eigenvalue weighted by Crippen LogP contribution is -2.40. The van der Waals surface area contributed by atoms with E-state index in [2.05, 4.69) is 5.10 Å². The zero-order valence-corrected chi connectivity index (χ0v) is 16.7. The van der Waals surface area contributed by atoms with Crippen molar-refractivity contribution in [2.45, 2.75) is 51.5 Å². The summed E-state index contributed by atoms with van der Waals surface area (Å²) in [5.41, 5.74) is 0.540. The molecule has 2 heterocycles. The fourth-order valence-electron chi connectivity index (χ4n) is 2.90. The van der Waals surface area contributed by atoms with Crippen LogP contribution >= 0.6 is 0 Å². The Kier molecular flexibility index (Phi) is 5.48. The Balaban J connectivity index is 2.16. The number of hydrogen-bond donors (Lipinski definition) is 0. The summed E-state index contributed by atoms with van der Waals surface area (Å²) in [5, 5.41) is 4.20. The van der Waals surface area contributed by atoms with Crippen molar-refractivity contribution in [3.63, 3.8) is 0 Å². The second-order valence-corrected chi connectivity index (χ2v) is 9.22. The third-order valence-corrected chi connectivity index (χ3v) is 6.30. The number of hydrogen-bond acceptors (Lipinski definition) is 5. The predicted molar refractivity (Wildman–Crippen MR) is 93.9 cm³/mol. The molecule has 9 heteroatoms. The van der Waals surface area contributed by atoms with Gasteiger partial charge in [-0.3, -0.25) is 4.68 Å². The van der Waals surface area contributed by atoms with Crippen molar-refractivity contribution in [1.82, 2.24) is 19.0 Å². The molecular weight excluding hydrogens is 344 g/mol. The maximum Gasteiger partial charge on any atom is 0.410 e. The van der Waals surface area contributed by atoms with E-state index in [0.717, 1.165) is 0 Å². The molecule has 0 bridgehead atoms. The molecule has 0 aliphatic carbocycles. The van der Waals surface area contributed by atoms with Gasteiger partial charge in [0.15, 0.2) is 0 Å². The van der Waals surface area contributed by atoms with E-state index in [1.807, 2.05) is 20.8 Å². The predicted octanol–water partition coefficient (Wildman–Crippen LogP) is 1.67. The summed E-state index contributed by atoms with van der Waals surface area (Å²) in [5.74, 6) is 0. The van der Waals surface area contributed by atoms with Crippen molar-refractivity contribution in [2.75, 3.05) is 26.2 Å². The monoisotopic (exact) mass is 372 g/mol. The highest BCUT2D eigenvalue weighted by Crippen LogP contribution is 2.24. The summed E-state index contributed by atoms with van der Waals surface area (Å²) >= 11 is 0. The Hall–Kier alpha value is -1.61. The van der Waals surface area contributed by atoms with E-state index < -0.39 is 21.7 Å². The minimum atomic E-state index is -3.64. The molecule has 1 aromatic heterocycles. The average molecular weight is 372 g/mol. The average Bonchev–Trinajstić information content (AvgIpc) is 2.66. The van der Waals surface area contributed by atoms with Crippen molar-refractivity contribution in [1.29, 1.82) is 0 Å². The first-order valence-electron chi connectivity index (χ1n) is 8.42. The van der Waals surface area contributed by atoms with Crippen molar-refractivity contribution in [2.24, 2.45) is 7.05 Å². The van der Waals surface area contributed by atoms with Crippen LogP contribution in [0.3, 0.4) is 0 Å². The van der Waals surface area contributed by atoms with Crippen LogP contribution in [-0.2, 0) is 21.8 Å². The highest BCUT2D eigenvalue weighted by molar-refractivity contribution is 7.89. The summed E-state index contributed by atoms with van der Waals surface area (Å²) in [7, 11) is -1.91. The first kappa shape index (κ1) is 19.7. The van der Waals surface area contributed by atoms with Gasteiger partial charge in [0, 0.05) is 33.2 Å². The maximum absolute atomic E-state index is 13.0. The van der Waals surface area contributed by atoms with Crippen LogP contribution in [0.5, 0.6) is 0 Å². The third-order valence-electron chi connectivity index (χ3n) is 4.15.